The van der Waals surface area contributed by atoms with Crippen molar-refractivity contribution in [3.8, 4) is 0 Å². The number of hydrogen-bond donors (Lipinski definition) is 2. The molecule has 0 bridgehead atoms. The normalized spacial score (nSPS) is 23.6. The number of carbonyl (C=O) groups excluding carboxylic acids is 1. The van der Waals surface area contributed by atoms with Gasteiger partial charge in [0.15, 0.2) is 0 Å². The van der Waals surface area contributed by atoms with E-state index in [0.717, 1.165) is 12.0 Å². The lowest BCUT2D eigenvalue weighted by atomic mass is 10.1. The maximum atomic E-state index is 13.5. The molecule has 1 amide bonds. The number of amides is 1. The van der Waals surface area contributed by atoms with Crippen LogP contribution in [0.4, 0.5) is 4.39 Å². The summed E-state index contributed by atoms with van der Waals surface area (Å²) in [6, 6.07) is 4.74. The Morgan fingerprint density at radius 3 is 2.90 bits per heavy atom. The molecule has 1 aliphatic rings. The monoisotopic (exact) mass is 280 g/mol. The molecule has 3 N–H and O–H groups in total. The van der Waals surface area contributed by atoms with Crippen LogP contribution in [-0.2, 0) is 9.53 Å². The second-order valence-corrected chi connectivity index (χ2v) is 5.30. The second kappa shape index (κ2) is 6.33. The molecule has 0 spiro atoms. The molecule has 20 heavy (non-hydrogen) atoms. The van der Waals surface area contributed by atoms with Gasteiger partial charge in [0.1, 0.15) is 11.9 Å². The van der Waals surface area contributed by atoms with Gasteiger partial charge in [0, 0.05) is 6.54 Å². The van der Waals surface area contributed by atoms with E-state index < -0.39 is 6.10 Å². The summed E-state index contributed by atoms with van der Waals surface area (Å²) in [7, 11) is 0. The summed E-state index contributed by atoms with van der Waals surface area (Å²) in [6.45, 7) is 3.97. The lowest BCUT2D eigenvalue weighted by Crippen LogP contribution is -2.37. The number of hydrogen-bond acceptors (Lipinski definition) is 3. The van der Waals surface area contributed by atoms with E-state index in [2.05, 4.69) is 5.32 Å². The first-order chi connectivity index (χ1) is 9.51. The summed E-state index contributed by atoms with van der Waals surface area (Å²) in [5.41, 5.74) is 6.86. The van der Waals surface area contributed by atoms with E-state index in [9.17, 15) is 9.18 Å². The van der Waals surface area contributed by atoms with Crippen LogP contribution in [0, 0.1) is 12.7 Å². The van der Waals surface area contributed by atoms with Gasteiger partial charge in [-0.3, -0.25) is 4.79 Å². The predicted octanol–water partition coefficient (Wildman–Crippen LogP) is 1.82. The molecule has 0 aliphatic carbocycles. The SMILES string of the molecule is Cc1ccc(C(C)NC(=O)C2CCC(CN)O2)cc1F. The molecule has 1 aromatic rings. The summed E-state index contributed by atoms with van der Waals surface area (Å²) >= 11 is 0. The van der Waals surface area contributed by atoms with Crippen LogP contribution in [-0.4, -0.2) is 24.7 Å². The topological polar surface area (TPSA) is 64.4 Å². The zero-order valence-electron chi connectivity index (χ0n) is 11.9. The first-order valence-corrected chi connectivity index (χ1v) is 6.93. The van der Waals surface area contributed by atoms with Crippen LogP contribution in [0.25, 0.3) is 0 Å². The van der Waals surface area contributed by atoms with Crippen LogP contribution in [0.1, 0.15) is 36.9 Å². The molecule has 1 aliphatic heterocycles. The van der Waals surface area contributed by atoms with Gasteiger partial charge in [0.05, 0.1) is 12.1 Å². The Morgan fingerprint density at radius 1 is 1.55 bits per heavy atom. The Labute approximate surface area is 118 Å². The maximum Gasteiger partial charge on any atom is 0.249 e. The van der Waals surface area contributed by atoms with Gasteiger partial charge in [0.25, 0.3) is 0 Å². The zero-order valence-corrected chi connectivity index (χ0v) is 11.9. The third kappa shape index (κ3) is 3.35. The van der Waals surface area contributed by atoms with Crippen LogP contribution in [0.3, 0.4) is 0 Å². The van der Waals surface area contributed by atoms with Crippen molar-refractivity contribution in [1.82, 2.24) is 5.32 Å². The van der Waals surface area contributed by atoms with E-state index in [1.165, 1.54) is 6.07 Å². The largest absolute Gasteiger partial charge is 0.364 e. The van der Waals surface area contributed by atoms with Gasteiger partial charge >= 0.3 is 0 Å². The third-order valence-electron chi connectivity index (χ3n) is 3.72. The van der Waals surface area contributed by atoms with Gasteiger partial charge in [0.2, 0.25) is 5.91 Å². The molecule has 0 saturated carbocycles. The molecule has 1 fully saturated rings. The van der Waals surface area contributed by atoms with Crippen LogP contribution in [0.15, 0.2) is 18.2 Å². The summed E-state index contributed by atoms with van der Waals surface area (Å²) in [6.07, 6.45) is 1.02. The highest BCUT2D eigenvalue weighted by molar-refractivity contribution is 5.81. The predicted molar refractivity (Wildman–Crippen MR) is 74.6 cm³/mol. The number of nitrogens with one attached hydrogen (secondary N) is 1. The van der Waals surface area contributed by atoms with Crippen LogP contribution < -0.4 is 11.1 Å². The highest BCUT2D eigenvalue weighted by Crippen LogP contribution is 2.21. The molecular formula is C15H21FN2O2. The highest BCUT2D eigenvalue weighted by Gasteiger charge is 2.30. The minimum Gasteiger partial charge on any atom is -0.364 e. The Balaban J connectivity index is 1.95. The van der Waals surface area contributed by atoms with Crippen LogP contribution in [0.2, 0.25) is 0 Å². The highest BCUT2D eigenvalue weighted by atomic mass is 19.1. The van der Waals surface area contributed by atoms with E-state index in [0.29, 0.717) is 18.5 Å². The van der Waals surface area contributed by atoms with Crippen molar-refractivity contribution < 1.29 is 13.9 Å². The van der Waals surface area contributed by atoms with E-state index >= 15 is 0 Å². The first-order valence-electron chi connectivity index (χ1n) is 6.93. The lowest BCUT2D eigenvalue weighted by Gasteiger charge is -2.18. The number of carbonyl (C=O) groups is 1. The average molecular weight is 280 g/mol. The van der Waals surface area contributed by atoms with Crippen molar-refractivity contribution in [1.29, 1.82) is 0 Å². The van der Waals surface area contributed by atoms with E-state index in [4.69, 9.17) is 10.5 Å². The third-order valence-corrected chi connectivity index (χ3v) is 3.72. The summed E-state index contributed by atoms with van der Waals surface area (Å²) in [5, 5.41) is 2.86. The maximum absolute atomic E-state index is 13.5. The second-order valence-electron chi connectivity index (χ2n) is 5.30. The summed E-state index contributed by atoms with van der Waals surface area (Å²) in [4.78, 5) is 12.1. The summed E-state index contributed by atoms with van der Waals surface area (Å²) < 4.78 is 19.1. The van der Waals surface area contributed by atoms with Gasteiger partial charge in [-0.05, 0) is 43.9 Å². The molecule has 3 unspecified atom stereocenters. The molecule has 5 heteroatoms. The van der Waals surface area contributed by atoms with E-state index in [-0.39, 0.29) is 23.9 Å². The molecule has 4 nitrogen and oxygen atoms in total. The number of rotatable bonds is 4. The molecule has 110 valence electrons. The molecular weight excluding hydrogens is 259 g/mol. The van der Waals surface area contributed by atoms with E-state index in [1.54, 1.807) is 13.0 Å². The Kier molecular flexibility index (Phi) is 4.73. The molecule has 0 radical (unpaired) electrons. The molecule has 3 atom stereocenters. The van der Waals surface area contributed by atoms with Crippen molar-refractivity contribution in [3.63, 3.8) is 0 Å². The van der Waals surface area contributed by atoms with E-state index in [1.807, 2.05) is 13.0 Å². The number of halogens is 1. The lowest BCUT2D eigenvalue weighted by molar-refractivity contribution is -0.132. The molecule has 1 heterocycles. The first kappa shape index (κ1) is 14.9. The average Bonchev–Trinajstić information content (AvgIpc) is 2.90. The smallest absolute Gasteiger partial charge is 0.249 e. The molecule has 0 aromatic heterocycles. The van der Waals surface area contributed by atoms with Gasteiger partial charge in [-0.2, -0.15) is 0 Å². The zero-order chi connectivity index (χ0) is 14.7. The van der Waals surface area contributed by atoms with Crippen molar-refractivity contribution >= 4 is 5.91 Å². The fourth-order valence-corrected chi connectivity index (χ4v) is 2.34. The van der Waals surface area contributed by atoms with Crippen LogP contribution in [0.5, 0.6) is 0 Å². The number of aryl methyl sites for hydroxylation is 1. The van der Waals surface area contributed by atoms with Crippen molar-refractivity contribution in [2.45, 2.75) is 44.9 Å². The number of ether oxygens (including phenoxy) is 1. The Bertz CT molecular complexity index is 493. The Hall–Kier alpha value is -1.46. The quantitative estimate of drug-likeness (QED) is 0.884. The molecule has 2 rings (SSSR count). The number of nitrogens with two attached hydrogens (primary N) is 1. The van der Waals surface area contributed by atoms with Crippen molar-refractivity contribution in [2.24, 2.45) is 5.73 Å². The minimum absolute atomic E-state index is 0.0297. The standard InChI is InChI=1S/C15H21FN2O2/c1-9-3-4-11(7-13(9)16)10(2)18-15(19)14-6-5-12(8-17)20-14/h3-4,7,10,12,14H,5-6,8,17H2,1-2H3,(H,18,19). The van der Waals surface area contributed by atoms with Gasteiger partial charge in [-0.1, -0.05) is 12.1 Å². The number of benzene rings is 1. The van der Waals surface area contributed by atoms with Crippen molar-refractivity contribution in [2.75, 3.05) is 6.54 Å². The minimum atomic E-state index is -0.443. The fourth-order valence-electron chi connectivity index (χ4n) is 2.34. The Morgan fingerprint density at radius 2 is 2.30 bits per heavy atom. The van der Waals surface area contributed by atoms with Gasteiger partial charge in [-0.15, -0.1) is 0 Å². The van der Waals surface area contributed by atoms with Gasteiger partial charge < -0.3 is 15.8 Å². The molecule has 1 saturated heterocycles. The fraction of sp³-hybridized carbons (Fsp3) is 0.533. The van der Waals surface area contributed by atoms with Gasteiger partial charge in [-0.25, -0.2) is 4.39 Å². The van der Waals surface area contributed by atoms with Crippen molar-refractivity contribution in [3.05, 3.63) is 35.1 Å². The van der Waals surface area contributed by atoms with Crippen LogP contribution >= 0.6 is 0 Å². The summed E-state index contributed by atoms with van der Waals surface area (Å²) in [5.74, 6) is -0.418. The molecule has 1 aromatic carbocycles.